The molecule has 1 unspecified atom stereocenters. The molecule has 2 heterocycles. The van der Waals surface area contributed by atoms with Crippen molar-refractivity contribution in [2.24, 2.45) is 0 Å². The van der Waals surface area contributed by atoms with Crippen LogP contribution in [0.4, 0.5) is 4.39 Å². The van der Waals surface area contributed by atoms with Gasteiger partial charge in [0.1, 0.15) is 10.6 Å². The minimum atomic E-state index is -0.928. The topological polar surface area (TPSA) is 48.3 Å². The third-order valence-corrected chi connectivity index (χ3v) is 5.44. The summed E-state index contributed by atoms with van der Waals surface area (Å²) in [5, 5.41) is 0.185. The molecule has 4 nitrogen and oxygen atoms in total. The van der Waals surface area contributed by atoms with E-state index in [9.17, 15) is 14.0 Å². The number of halogens is 2. The summed E-state index contributed by atoms with van der Waals surface area (Å²) in [4.78, 5) is 24.6. The second-order valence-electron chi connectivity index (χ2n) is 5.26. The average Bonchev–Trinajstić information content (AvgIpc) is 2.47. The fourth-order valence-corrected chi connectivity index (χ4v) is 4.15. The third-order valence-electron chi connectivity index (χ3n) is 3.62. The molecule has 1 aliphatic heterocycles. The van der Waals surface area contributed by atoms with Gasteiger partial charge in [0.15, 0.2) is 5.43 Å². The summed E-state index contributed by atoms with van der Waals surface area (Å²) >= 11 is 7.22. The SMILES string of the molecule is CCOC(=O)C1(C)Cn2ccc(=O)c3cc(F)c(Cl)c(c32)S1. The van der Waals surface area contributed by atoms with Crippen molar-refractivity contribution in [2.75, 3.05) is 6.61 Å². The van der Waals surface area contributed by atoms with Crippen molar-refractivity contribution in [3.63, 3.8) is 0 Å². The Labute approximate surface area is 135 Å². The van der Waals surface area contributed by atoms with E-state index >= 15 is 0 Å². The molecule has 2 aromatic rings. The molecule has 0 bridgehead atoms. The van der Waals surface area contributed by atoms with E-state index in [1.165, 1.54) is 6.07 Å². The van der Waals surface area contributed by atoms with E-state index in [2.05, 4.69) is 0 Å². The van der Waals surface area contributed by atoms with Crippen molar-refractivity contribution < 1.29 is 13.9 Å². The van der Waals surface area contributed by atoms with Crippen LogP contribution in [0.1, 0.15) is 13.8 Å². The lowest BCUT2D eigenvalue weighted by Crippen LogP contribution is -2.40. The maximum absolute atomic E-state index is 14.0. The molecule has 1 aromatic carbocycles. The summed E-state index contributed by atoms with van der Waals surface area (Å²) in [6, 6.07) is 2.51. The highest BCUT2D eigenvalue weighted by molar-refractivity contribution is 8.01. The van der Waals surface area contributed by atoms with Gasteiger partial charge in [0.2, 0.25) is 0 Å². The molecule has 0 amide bonds. The number of pyridine rings is 1. The van der Waals surface area contributed by atoms with Crippen molar-refractivity contribution in [3.05, 3.63) is 39.4 Å². The largest absolute Gasteiger partial charge is 0.465 e. The van der Waals surface area contributed by atoms with E-state index in [1.807, 2.05) is 0 Å². The van der Waals surface area contributed by atoms with Crippen molar-refractivity contribution >= 4 is 40.2 Å². The molecule has 1 aromatic heterocycles. The summed E-state index contributed by atoms with van der Waals surface area (Å²) < 4.78 is 20.0. The highest BCUT2D eigenvalue weighted by Gasteiger charge is 2.41. The van der Waals surface area contributed by atoms with E-state index in [0.717, 1.165) is 17.8 Å². The van der Waals surface area contributed by atoms with Crippen LogP contribution in [-0.2, 0) is 16.1 Å². The lowest BCUT2D eigenvalue weighted by molar-refractivity contribution is -0.146. The number of hydrogen-bond acceptors (Lipinski definition) is 4. The smallest absolute Gasteiger partial charge is 0.324 e. The van der Waals surface area contributed by atoms with Gasteiger partial charge in [-0.3, -0.25) is 9.59 Å². The van der Waals surface area contributed by atoms with Gasteiger partial charge < -0.3 is 9.30 Å². The molecule has 0 fully saturated rings. The van der Waals surface area contributed by atoms with Gasteiger partial charge in [-0.25, -0.2) is 4.39 Å². The molecule has 22 heavy (non-hydrogen) atoms. The van der Waals surface area contributed by atoms with Gasteiger partial charge in [0.05, 0.1) is 22.0 Å². The van der Waals surface area contributed by atoms with Crippen molar-refractivity contribution in [1.29, 1.82) is 0 Å². The van der Waals surface area contributed by atoms with Crippen LogP contribution in [-0.4, -0.2) is 21.9 Å². The molecule has 0 N–H and O–H groups in total. The summed E-state index contributed by atoms with van der Waals surface area (Å²) in [7, 11) is 0. The summed E-state index contributed by atoms with van der Waals surface area (Å²) in [5.41, 5.74) is 0.286. The standard InChI is InChI=1S/C15H13ClFNO3S/c1-3-21-14(20)15(2)7-18-5-4-10(19)8-6-9(17)11(16)13(22-15)12(8)18/h4-6H,3,7H2,1-2H3. The Morgan fingerprint density at radius 2 is 2.32 bits per heavy atom. The Balaban J connectivity index is 2.27. The lowest BCUT2D eigenvalue weighted by atomic mass is 10.1. The molecule has 3 rings (SSSR count). The monoisotopic (exact) mass is 341 g/mol. The predicted molar refractivity (Wildman–Crippen MR) is 84.1 cm³/mol. The third kappa shape index (κ3) is 2.21. The van der Waals surface area contributed by atoms with Gasteiger partial charge in [0.25, 0.3) is 0 Å². The molecule has 116 valence electrons. The molecule has 0 spiro atoms. The quantitative estimate of drug-likeness (QED) is 0.787. The van der Waals surface area contributed by atoms with Crippen molar-refractivity contribution in [3.8, 4) is 0 Å². The van der Waals surface area contributed by atoms with E-state index in [1.54, 1.807) is 24.6 Å². The Morgan fingerprint density at radius 1 is 1.59 bits per heavy atom. The van der Waals surface area contributed by atoms with Gasteiger partial charge in [-0.15, -0.1) is 11.8 Å². The zero-order chi connectivity index (χ0) is 16.1. The molecule has 0 saturated carbocycles. The summed E-state index contributed by atoms with van der Waals surface area (Å²) in [6.07, 6.45) is 1.60. The van der Waals surface area contributed by atoms with Gasteiger partial charge in [-0.1, -0.05) is 11.6 Å². The summed E-state index contributed by atoms with van der Waals surface area (Å²) in [5.74, 6) is -1.06. The number of carbonyl (C=O) groups excluding carboxylic acids is 1. The predicted octanol–water partition coefficient (Wildman–Crippen LogP) is 3.22. The first kappa shape index (κ1) is 15.4. The number of nitrogens with zero attached hydrogens (tertiary/aromatic N) is 1. The first-order valence-corrected chi connectivity index (χ1v) is 7.94. The van der Waals surface area contributed by atoms with Crippen LogP contribution >= 0.6 is 23.4 Å². The number of esters is 1. The Morgan fingerprint density at radius 3 is 3.00 bits per heavy atom. The number of benzene rings is 1. The van der Waals surface area contributed by atoms with Gasteiger partial charge in [0, 0.05) is 24.2 Å². The van der Waals surface area contributed by atoms with Crippen molar-refractivity contribution in [2.45, 2.75) is 30.0 Å². The van der Waals surface area contributed by atoms with E-state index in [0.29, 0.717) is 17.0 Å². The number of hydrogen-bond donors (Lipinski definition) is 0. The fourth-order valence-electron chi connectivity index (χ4n) is 2.59. The maximum Gasteiger partial charge on any atom is 0.324 e. The first-order valence-electron chi connectivity index (χ1n) is 6.75. The zero-order valence-corrected chi connectivity index (χ0v) is 13.6. The molecule has 1 atom stereocenters. The Kier molecular flexibility index (Phi) is 3.69. The molecular weight excluding hydrogens is 329 g/mol. The minimum absolute atomic E-state index is 0.0768. The van der Waals surface area contributed by atoms with Crippen LogP contribution in [0.15, 0.2) is 28.0 Å². The van der Waals surface area contributed by atoms with Gasteiger partial charge in [-0.05, 0) is 19.9 Å². The molecule has 0 saturated heterocycles. The average molecular weight is 342 g/mol. The van der Waals surface area contributed by atoms with Crippen LogP contribution in [0.2, 0.25) is 5.02 Å². The van der Waals surface area contributed by atoms with Crippen LogP contribution < -0.4 is 5.43 Å². The molecule has 7 heteroatoms. The zero-order valence-electron chi connectivity index (χ0n) is 12.0. The summed E-state index contributed by atoms with van der Waals surface area (Å²) in [6.45, 7) is 4.04. The van der Waals surface area contributed by atoms with Crippen LogP contribution in [0.5, 0.6) is 0 Å². The van der Waals surface area contributed by atoms with E-state index in [-0.39, 0.29) is 22.4 Å². The number of thioether (sulfide) groups is 1. The number of aromatic nitrogens is 1. The first-order chi connectivity index (χ1) is 10.4. The van der Waals surface area contributed by atoms with E-state index in [4.69, 9.17) is 16.3 Å². The number of carbonyl (C=O) groups is 1. The molecule has 0 aliphatic carbocycles. The maximum atomic E-state index is 14.0. The fraction of sp³-hybridized carbons (Fsp3) is 0.333. The molecular formula is C15H13ClFNO3S. The second-order valence-corrected chi connectivity index (χ2v) is 7.15. The Hall–Kier alpha value is -1.53. The van der Waals surface area contributed by atoms with Crippen LogP contribution in [0, 0.1) is 5.82 Å². The Bertz CT molecular complexity index is 851. The number of rotatable bonds is 2. The van der Waals surface area contributed by atoms with Gasteiger partial charge in [-0.2, -0.15) is 0 Å². The minimum Gasteiger partial charge on any atom is -0.465 e. The lowest BCUT2D eigenvalue weighted by Gasteiger charge is -2.33. The molecule has 0 radical (unpaired) electrons. The second kappa shape index (κ2) is 5.28. The normalized spacial score (nSPS) is 20.2. The number of ether oxygens (including phenoxy) is 1. The highest BCUT2D eigenvalue weighted by atomic mass is 35.5. The molecule has 1 aliphatic rings. The van der Waals surface area contributed by atoms with Gasteiger partial charge >= 0.3 is 5.97 Å². The van der Waals surface area contributed by atoms with Crippen molar-refractivity contribution in [1.82, 2.24) is 4.57 Å². The van der Waals surface area contributed by atoms with Crippen LogP contribution in [0.25, 0.3) is 10.9 Å². The highest BCUT2D eigenvalue weighted by Crippen LogP contribution is 2.46. The van der Waals surface area contributed by atoms with E-state index < -0.39 is 16.5 Å². The van der Waals surface area contributed by atoms with Crippen LogP contribution in [0.3, 0.4) is 0 Å².